The molecule has 0 spiro atoms. The first-order chi connectivity index (χ1) is 18.2. The zero-order chi connectivity index (χ0) is 26.9. The van der Waals surface area contributed by atoms with Crippen LogP contribution in [0.1, 0.15) is 40.4 Å². The normalized spacial score (nSPS) is 24.4. The molecule has 5 rings (SSSR count). The minimum Gasteiger partial charge on any atom is -0.398 e. The minimum atomic E-state index is -4.65. The Hall–Kier alpha value is -3.11. The third-order valence-electron chi connectivity index (χ3n) is 8.02. The van der Waals surface area contributed by atoms with Crippen molar-refractivity contribution in [1.29, 1.82) is 0 Å². The standard InChI is InChI=1S/C28H33F3N4O3/c29-28(30,31)22-7-4-8-23(32)25(22)27(37)35-15-20-13-34(14-21(20)16-35)11-9-24(18-5-2-1-3-6-18)33-26(36)19-10-12-38-17-19/h1-8,19-21,24H,9-17,32H2,(H,33,36)/t19?,20-,21?,24?/m0/s1. The molecule has 0 radical (unpaired) electrons. The first kappa shape index (κ1) is 26.5. The summed E-state index contributed by atoms with van der Waals surface area (Å²) in [5.41, 5.74) is 5.28. The van der Waals surface area contributed by atoms with Crippen molar-refractivity contribution < 1.29 is 27.5 Å². The third kappa shape index (κ3) is 5.66. The number of amides is 2. The Morgan fingerprint density at radius 2 is 1.74 bits per heavy atom. The number of carbonyl (C=O) groups is 2. The number of nitrogens with two attached hydrogens (primary N) is 1. The van der Waals surface area contributed by atoms with E-state index in [-0.39, 0.29) is 35.4 Å². The molecule has 3 N–H and O–H groups in total. The third-order valence-corrected chi connectivity index (χ3v) is 8.02. The van der Waals surface area contributed by atoms with Gasteiger partial charge in [0.1, 0.15) is 0 Å². The summed E-state index contributed by atoms with van der Waals surface area (Å²) in [6.45, 7) is 4.17. The number of rotatable bonds is 7. The summed E-state index contributed by atoms with van der Waals surface area (Å²) in [6, 6.07) is 13.2. The number of likely N-dealkylation sites (tertiary alicyclic amines) is 2. The maximum atomic E-state index is 13.5. The summed E-state index contributed by atoms with van der Waals surface area (Å²) in [4.78, 5) is 29.8. The van der Waals surface area contributed by atoms with Gasteiger partial charge in [-0.3, -0.25) is 9.59 Å². The largest absolute Gasteiger partial charge is 0.417 e. The van der Waals surface area contributed by atoms with Gasteiger partial charge in [0.15, 0.2) is 0 Å². The number of nitrogens with zero attached hydrogens (tertiary/aromatic N) is 2. The molecule has 3 aliphatic rings. The van der Waals surface area contributed by atoms with Gasteiger partial charge < -0.3 is 25.6 Å². The number of anilines is 1. The predicted octanol–water partition coefficient (Wildman–Crippen LogP) is 3.58. The van der Waals surface area contributed by atoms with Crippen LogP contribution in [-0.4, -0.2) is 67.6 Å². The van der Waals surface area contributed by atoms with Crippen LogP contribution < -0.4 is 11.1 Å². The molecule has 10 heteroatoms. The van der Waals surface area contributed by atoms with E-state index in [1.54, 1.807) is 0 Å². The summed E-state index contributed by atoms with van der Waals surface area (Å²) < 4.78 is 46.0. The van der Waals surface area contributed by atoms with Gasteiger partial charge in [-0.15, -0.1) is 0 Å². The van der Waals surface area contributed by atoms with E-state index in [0.29, 0.717) is 26.3 Å². The molecule has 0 aliphatic carbocycles. The summed E-state index contributed by atoms with van der Waals surface area (Å²) in [5, 5.41) is 3.21. The molecule has 38 heavy (non-hydrogen) atoms. The molecule has 2 amide bonds. The molecule has 0 aromatic heterocycles. The van der Waals surface area contributed by atoms with Crippen LogP contribution >= 0.6 is 0 Å². The van der Waals surface area contributed by atoms with Crippen LogP contribution in [0.5, 0.6) is 0 Å². The molecule has 4 atom stereocenters. The highest BCUT2D eigenvalue weighted by molar-refractivity contribution is 6.01. The molecule has 0 bridgehead atoms. The highest BCUT2D eigenvalue weighted by atomic mass is 19.4. The van der Waals surface area contributed by atoms with E-state index >= 15 is 0 Å². The van der Waals surface area contributed by atoms with Crippen LogP contribution in [0, 0.1) is 17.8 Å². The average molecular weight is 531 g/mol. The molecular weight excluding hydrogens is 497 g/mol. The van der Waals surface area contributed by atoms with Gasteiger partial charge in [-0.2, -0.15) is 13.2 Å². The average Bonchev–Trinajstić information content (AvgIpc) is 3.63. The van der Waals surface area contributed by atoms with Crippen LogP contribution in [0.25, 0.3) is 0 Å². The van der Waals surface area contributed by atoms with Crippen LogP contribution in [0.15, 0.2) is 48.5 Å². The van der Waals surface area contributed by atoms with Crippen LogP contribution in [0.4, 0.5) is 18.9 Å². The highest BCUT2D eigenvalue weighted by Gasteiger charge is 2.44. The van der Waals surface area contributed by atoms with Gasteiger partial charge in [-0.05, 0) is 42.4 Å². The monoisotopic (exact) mass is 530 g/mol. The van der Waals surface area contributed by atoms with Crippen molar-refractivity contribution in [3.8, 4) is 0 Å². The molecule has 3 saturated heterocycles. The number of nitrogens with one attached hydrogen (secondary N) is 1. The van der Waals surface area contributed by atoms with E-state index < -0.39 is 23.2 Å². The number of hydrogen-bond donors (Lipinski definition) is 2. The first-order valence-corrected chi connectivity index (χ1v) is 13.1. The Labute approximate surface area is 220 Å². The van der Waals surface area contributed by atoms with Gasteiger partial charge in [0.25, 0.3) is 5.91 Å². The number of nitrogen functional groups attached to an aromatic ring is 1. The lowest BCUT2D eigenvalue weighted by atomic mass is 10.0. The fraction of sp³-hybridized carbons (Fsp3) is 0.500. The quantitative estimate of drug-likeness (QED) is 0.535. The summed E-state index contributed by atoms with van der Waals surface area (Å²) in [7, 11) is 0. The van der Waals surface area contributed by atoms with Crippen molar-refractivity contribution in [2.75, 3.05) is 51.7 Å². The molecule has 3 unspecified atom stereocenters. The topological polar surface area (TPSA) is 87.9 Å². The molecule has 2 aromatic rings. The van der Waals surface area contributed by atoms with E-state index in [1.807, 2.05) is 30.3 Å². The summed E-state index contributed by atoms with van der Waals surface area (Å²) >= 11 is 0. The molecule has 204 valence electrons. The second-order valence-electron chi connectivity index (χ2n) is 10.6. The number of ether oxygens (including phenoxy) is 1. The van der Waals surface area contributed by atoms with Gasteiger partial charge in [0.05, 0.1) is 29.7 Å². The number of benzene rings is 2. The van der Waals surface area contributed by atoms with Crippen LogP contribution in [0.2, 0.25) is 0 Å². The smallest absolute Gasteiger partial charge is 0.398 e. The number of hydrogen-bond acceptors (Lipinski definition) is 5. The van der Waals surface area contributed by atoms with Crippen molar-refractivity contribution >= 4 is 17.5 Å². The zero-order valence-corrected chi connectivity index (χ0v) is 21.1. The lowest BCUT2D eigenvalue weighted by Crippen LogP contribution is -2.37. The van der Waals surface area contributed by atoms with Crippen molar-refractivity contribution in [2.24, 2.45) is 17.8 Å². The number of carbonyl (C=O) groups excluding carboxylic acids is 2. The number of halogens is 3. The van der Waals surface area contributed by atoms with Gasteiger partial charge >= 0.3 is 6.18 Å². The predicted molar refractivity (Wildman–Crippen MR) is 136 cm³/mol. The maximum absolute atomic E-state index is 13.5. The Morgan fingerprint density at radius 3 is 2.37 bits per heavy atom. The van der Waals surface area contributed by atoms with Gasteiger partial charge in [0.2, 0.25) is 5.91 Å². The molecule has 3 fully saturated rings. The second kappa shape index (κ2) is 10.9. The second-order valence-corrected chi connectivity index (χ2v) is 10.6. The Bertz CT molecular complexity index is 1140. The van der Waals surface area contributed by atoms with Gasteiger partial charge in [0, 0.05) is 45.0 Å². The lowest BCUT2D eigenvalue weighted by molar-refractivity contribution is -0.138. The Kier molecular flexibility index (Phi) is 7.63. The zero-order valence-electron chi connectivity index (χ0n) is 21.1. The first-order valence-electron chi connectivity index (χ1n) is 13.1. The Balaban J connectivity index is 1.19. The molecule has 7 nitrogen and oxygen atoms in total. The summed E-state index contributed by atoms with van der Waals surface area (Å²) in [5.74, 6) is -0.369. The van der Waals surface area contributed by atoms with E-state index in [1.165, 1.54) is 17.0 Å². The van der Waals surface area contributed by atoms with Gasteiger partial charge in [-0.1, -0.05) is 36.4 Å². The fourth-order valence-electron chi connectivity index (χ4n) is 5.99. The minimum absolute atomic E-state index is 0.0159. The SMILES string of the molecule is Nc1cccc(C(F)(F)F)c1C(=O)N1CC2CN(CCC(NC(=O)C3CCOC3)c3ccccc3)C[C@H]2C1. The van der Waals surface area contributed by atoms with E-state index in [9.17, 15) is 22.8 Å². The van der Waals surface area contributed by atoms with E-state index in [2.05, 4.69) is 10.2 Å². The van der Waals surface area contributed by atoms with Crippen LogP contribution in [-0.2, 0) is 15.7 Å². The molecule has 0 saturated carbocycles. The highest BCUT2D eigenvalue weighted by Crippen LogP contribution is 2.37. The molecule has 2 aromatic carbocycles. The lowest BCUT2D eigenvalue weighted by Gasteiger charge is -2.26. The van der Waals surface area contributed by atoms with Crippen molar-refractivity contribution in [3.05, 3.63) is 65.2 Å². The fourth-order valence-corrected chi connectivity index (χ4v) is 5.99. The van der Waals surface area contributed by atoms with Crippen molar-refractivity contribution in [1.82, 2.24) is 15.1 Å². The van der Waals surface area contributed by atoms with E-state index in [0.717, 1.165) is 44.1 Å². The molecule has 3 aliphatic heterocycles. The van der Waals surface area contributed by atoms with E-state index in [4.69, 9.17) is 10.5 Å². The van der Waals surface area contributed by atoms with Crippen LogP contribution in [0.3, 0.4) is 0 Å². The number of fused-ring (bicyclic) bond motifs is 1. The van der Waals surface area contributed by atoms with Crippen molar-refractivity contribution in [2.45, 2.75) is 25.1 Å². The molecule has 3 heterocycles. The molecular formula is C28H33F3N4O3. The van der Waals surface area contributed by atoms with Crippen molar-refractivity contribution in [3.63, 3.8) is 0 Å². The number of alkyl halides is 3. The van der Waals surface area contributed by atoms with Gasteiger partial charge in [-0.25, -0.2) is 0 Å². The maximum Gasteiger partial charge on any atom is 0.417 e. The Morgan fingerprint density at radius 1 is 1.03 bits per heavy atom. The summed E-state index contributed by atoms with van der Waals surface area (Å²) in [6.07, 6.45) is -3.18.